The molecular weight excluding hydrogens is 238 g/mol. The van der Waals surface area contributed by atoms with Gasteiger partial charge in [0.25, 0.3) is 0 Å². The van der Waals surface area contributed by atoms with Crippen LogP contribution in [0.2, 0.25) is 5.02 Å². The first-order chi connectivity index (χ1) is 8.24. The van der Waals surface area contributed by atoms with Gasteiger partial charge in [-0.15, -0.1) is 0 Å². The number of ether oxygens (including phenoxy) is 1. The molecule has 0 unspecified atom stereocenters. The molecule has 0 aromatic heterocycles. The Morgan fingerprint density at radius 1 is 1.41 bits per heavy atom. The van der Waals surface area contributed by atoms with Crippen molar-refractivity contribution in [3.8, 4) is 0 Å². The average Bonchev–Trinajstić information content (AvgIpc) is 2.39. The predicted molar refractivity (Wildman–Crippen MR) is 69.1 cm³/mol. The molecule has 0 saturated carbocycles. The van der Waals surface area contributed by atoms with Crippen molar-refractivity contribution in [1.29, 1.82) is 0 Å². The Bertz CT molecular complexity index is 400. The fourth-order valence-corrected chi connectivity index (χ4v) is 2.38. The molecule has 0 spiro atoms. The molecule has 1 aliphatic rings. The van der Waals surface area contributed by atoms with Gasteiger partial charge in [-0.05, 0) is 31.0 Å². The summed E-state index contributed by atoms with van der Waals surface area (Å²) in [6.07, 6.45) is 3.21. The second kappa shape index (κ2) is 5.52. The van der Waals surface area contributed by atoms with Gasteiger partial charge in [0.05, 0.1) is 11.1 Å². The van der Waals surface area contributed by atoms with E-state index in [1.807, 2.05) is 12.1 Å². The molecule has 1 aromatic rings. The third kappa shape index (κ3) is 2.79. The second-order valence-electron chi connectivity index (χ2n) is 4.25. The zero-order valence-corrected chi connectivity index (χ0v) is 10.6. The van der Waals surface area contributed by atoms with Crippen LogP contribution < -0.4 is 4.90 Å². The molecule has 3 nitrogen and oxygen atoms in total. The van der Waals surface area contributed by atoms with E-state index in [1.54, 1.807) is 13.2 Å². The highest BCUT2D eigenvalue weighted by Crippen LogP contribution is 2.25. The van der Waals surface area contributed by atoms with Crippen molar-refractivity contribution >= 4 is 23.6 Å². The van der Waals surface area contributed by atoms with Crippen LogP contribution >= 0.6 is 11.6 Å². The maximum absolute atomic E-state index is 10.7. The van der Waals surface area contributed by atoms with Crippen LogP contribution in [0, 0.1) is 0 Å². The first-order valence-corrected chi connectivity index (χ1v) is 6.15. The lowest BCUT2D eigenvalue weighted by Crippen LogP contribution is -2.36. The first-order valence-electron chi connectivity index (χ1n) is 5.77. The fraction of sp³-hybridized carbons (Fsp3) is 0.462. The Hall–Kier alpha value is -1.06. The molecule has 4 heteroatoms. The van der Waals surface area contributed by atoms with Crippen LogP contribution in [0.4, 0.5) is 5.69 Å². The lowest BCUT2D eigenvalue weighted by atomic mass is 10.1. The number of benzene rings is 1. The van der Waals surface area contributed by atoms with Gasteiger partial charge >= 0.3 is 0 Å². The minimum atomic E-state index is 0.371. The molecule has 0 radical (unpaired) electrons. The third-order valence-corrected chi connectivity index (χ3v) is 3.58. The van der Waals surface area contributed by atoms with Gasteiger partial charge in [0.1, 0.15) is 0 Å². The van der Waals surface area contributed by atoms with Crippen molar-refractivity contribution in [1.82, 2.24) is 0 Å². The highest BCUT2D eigenvalue weighted by atomic mass is 35.5. The Labute approximate surface area is 106 Å². The van der Waals surface area contributed by atoms with Gasteiger partial charge in [-0.1, -0.05) is 11.6 Å². The summed E-state index contributed by atoms with van der Waals surface area (Å²) in [4.78, 5) is 13.0. The Morgan fingerprint density at radius 3 is 2.65 bits per heavy atom. The van der Waals surface area contributed by atoms with Crippen molar-refractivity contribution in [3.63, 3.8) is 0 Å². The molecule has 0 N–H and O–H groups in total. The van der Waals surface area contributed by atoms with Gasteiger partial charge in [0.2, 0.25) is 0 Å². The summed E-state index contributed by atoms with van der Waals surface area (Å²) in [7, 11) is 1.76. The van der Waals surface area contributed by atoms with Crippen molar-refractivity contribution in [3.05, 3.63) is 28.8 Å². The molecule has 92 valence electrons. The summed E-state index contributed by atoms with van der Waals surface area (Å²) < 4.78 is 5.34. The number of anilines is 1. The fourth-order valence-electron chi connectivity index (χ4n) is 2.16. The Morgan fingerprint density at radius 2 is 2.12 bits per heavy atom. The lowest BCUT2D eigenvalue weighted by Gasteiger charge is -2.33. The summed E-state index contributed by atoms with van der Waals surface area (Å²) in [5, 5.41) is 0.520. The molecule has 0 amide bonds. The standard InChI is InChI=1S/C13H16ClNO2/c1-17-12-4-6-15(7-5-12)11-3-2-10(9-16)13(14)8-11/h2-3,8-9,12H,4-7H2,1H3. The van der Waals surface area contributed by atoms with Crippen LogP contribution in [-0.4, -0.2) is 32.6 Å². The van der Waals surface area contributed by atoms with Crippen LogP contribution in [0.25, 0.3) is 0 Å². The van der Waals surface area contributed by atoms with Gasteiger partial charge in [-0.2, -0.15) is 0 Å². The highest BCUT2D eigenvalue weighted by Gasteiger charge is 2.19. The third-order valence-electron chi connectivity index (χ3n) is 3.25. The normalized spacial score (nSPS) is 17.2. The quantitative estimate of drug-likeness (QED) is 0.776. The van der Waals surface area contributed by atoms with E-state index in [4.69, 9.17) is 16.3 Å². The van der Waals surface area contributed by atoms with E-state index in [-0.39, 0.29) is 0 Å². The van der Waals surface area contributed by atoms with E-state index >= 15 is 0 Å². The van der Waals surface area contributed by atoms with Crippen molar-refractivity contribution in [2.45, 2.75) is 18.9 Å². The summed E-state index contributed by atoms with van der Waals surface area (Å²) in [6.45, 7) is 1.94. The number of piperidine rings is 1. The molecule has 2 rings (SSSR count). The zero-order chi connectivity index (χ0) is 12.3. The van der Waals surface area contributed by atoms with Crippen molar-refractivity contribution in [2.75, 3.05) is 25.1 Å². The van der Waals surface area contributed by atoms with Gasteiger partial charge in [0, 0.05) is 31.5 Å². The number of methoxy groups -OCH3 is 1. The van der Waals surface area contributed by atoms with Crippen LogP contribution in [-0.2, 0) is 4.74 Å². The lowest BCUT2D eigenvalue weighted by molar-refractivity contribution is 0.0819. The van der Waals surface area contributed by atoms with Crippen LogP contribution in [0.3, 0.4) is 0 Å². The number of hydrogen-bond donors (Lipinski definition) is 0. The van der Waals surface area contributed by atoms with E-state index in [0.29, 0.717) is 16.7 Å². The molecule has 0 bridgehead atoms. The number of halogens is 1. The summed E-state index contributed by atoms with van der Waals surface area (Å²) >= 11 is 6.02. The molecule has 17 heavy (non-hydrogen) atoms. The maximum Gasteiger partial charge on any atom is 0.151 e. The van der Waals surface area contributed by atoms with Crippen LogP contribution in [0.5, 0.6) is 0 Å². The molecular formula is C13H16ClNO2. The number of hydrogen-bond acceptors (Lipinski definition) is 3. The van der Waals surface area contributed by atoms with E-state index < -0.39 is 0 Å². The van der Waals surface area contributed by atoms with Gasteiger partial charge in [0.15, 0.2) is 6.29 Å². The second-order valence-corrected chi connectivity index (χ2v) is 4.65. The van der Waals surface area contributed by atoms with Crippen LogP contribution in [0.1, 0.15) is 23.2 Å². The Balaban J connectivity index is 2.08. The molecule has 0 aliphatic carbocycles. The highest BCUT2D eigenvalue weighted by molar-refractivity contribution is 6.33. The molecule has 1 aliphatic heterocycles. The predicted octanol–water partition coefficient (Wildman–Crippen LogP) is 2.77. The van der Waals surface area contributed by atoms with E-state index in [1.165, 1.54) is 0 Å². The summed E-state index contributed by atoms with van der Waals surface area (Å²) in [5.41, 5.74) is 1.62. The van der Waals surface area contributed by atoms with Gasteiger partial charge < -0.3 is 9.64 Å². The van der Waals surface area contributed by atoms with Gasteiger partial charge in [-0.25, -0.2) is 0 Å². The molecule has 1 saturated heterocycles. The zero-order valence-electron chi connectivity index (χ0n) is 9.86. The van der Waals surface area contributed by atoms with E-state index in [9.17, 15) is 4.79 Å². The van der Waals surface area contributed by atoms with Gasteiger partial charge in [-0.3, -0.25) is 4.79 Å². The summed E-state index contributed by atoms with van der Waals surface area (Å²) in [5.74, 6) is 0. The average molecular weight is 254 g/mol. The molecule has 1 aromatic carbocycles. The molecule has 1 heterocycles. The number of aldehydes is 1. The minimum absolute atomic E-state index is 0.371. The van der Waals surface area contributed by atoms with Crippen molar-refractivity contribution < 1.29 is 9.53 Å². The number of rotatable bonds is 3. The molecule has 1 fully saturated rings. The van der Waals surface area contributed by atoms with Crippen molar-refractivity contribution in [2.24, 2.45) is 0 Å². The monoisotopic (exact) mass is 253 g/mol. The first kappa shape index (κ1) is 12.4. The SMILES string of the molecule is COC1CCN(c2ccc(C=O)c(Cl)c2)CC1. The Kier molecular flexibility index (Phi) is 4.02. The smallest absolute Gasteiger partial charge is 0.151 e. The minimum Gasteiger partial charge on any atom is -0.381 e. The number of carbonyl (C=O) groups is 1. The van der Waals surface area contributed by atoms with E-state index in [0.717, 1.165) is 37.9 Å². The summed E-state index contributed by atoms with van der Waals surface area (Å²) in [6, 6.07) is 5.58. The van der Waals surface area contributed by atoms with E-state index in [2.05, 4.69) is 4.90 Å². The number of nitrogens with zero attached hydrogens (tertiary/aromatic N) is 1. The topological polar surface area (TPSA) is 29.5 Å². The molecule has 0 atom stereocenters. The number of carbonyl (C=O) groups excluding carboxylic acids is 1. The van der Waals surface area contributed by atoms with Crippen LogP contribution in [0.15, 0.2) is 18.2 Å². The largest absolute Gasteiger partial charge is 0.381 e. The maximum atomic E-state index is 10.7.